The molecule has 9 heteroatoms. The summed E-state index contributed by atoms with van der Waals surface area (Å²) in [5.74, 6) is 1.46. The van der Waals surface area contributed by atoms with Crippen LogP contribution in [-0.2, 0) is 16.0 Å². The quantitative estimate of drug-likeness (QED) is 0.454. The summed E-state index contributed by atoms with van der Waals surface area (Å²) >= 11 is 0. The molecule has 2 aliphatic rings. The molecule has 5 rings (SSSR count). The van der Waals surface area contributed by atoms with Crippen molar-refractivity contribution in [3.63, 3.8) is 0 Å². The Labute approximate surface area is 209 Å². The molecule has 0 amide bonds. The second kappa shape index (κ2) is 10.9. The number of aliphatic imine (C=N–C) groups is 1. The molecule has 0 bridgehead atoms. The van der Waals surface area contributed by atoms with Crippen molar-refractivity contribution in [2.75, 3.05) is 30.9 Å². The van der Waals surface area contributed by atoms with Gasteiger partial charge >= 0.3 is 6.01 Å². The fourth-order valence-corrected chi connectivity index (χ4v) is 3.88. The standard InChI is InChI=1S/C27H28N6O3/c1-33(2)21-8-9-23(24(15-21)29-16-20-10-12-28-13-11-20)26-31-32-27(36-26)30-25-18-34-17-22(35-25)14-19-6-4-3-5-7-19/h3-4,6,8-13,15,17,29H,5,7,14,16,18H2,1-2H3. The third-order valence-electron chi connectivity index (χ3n) is 5.79. The minimum atomic E-state index is 0.112. The monoisotopic (exact) mass is 484 g/mol. The number of nitrogens with zero attached hydrogens (tertiary/aromatic N) is 5. The lowest BCUT2D eigenvalue weighted by Crippen LogP contribution is -2.16. The van der Waals surface area contributed by atoms with E-state index in [0.717, 1.165) is 35.3 Å². The first kappa shape index (κ1) is 23.3. The molecule has 2 aromatic heterocycles. The lowest BCUT2D eigenvalue weighted by Gasteiger charge is -2.18. The molecule has 0 spiro atoms. The summed E-state index contributed by atoms with van der Waals surface area (Å²) in [5.41, 5.74) is 5.11. The van der Waals surface area contributed by atoms with E-state index in [-0.39, 0.29) is 12.6 Å². The molecular weight excluding hydrogens is 456 g/mol. The van der Waals surface area contributed by atoms with Gasteiger partial charge in [0.15, 0.2) is 6.61 Å². The smallest absolute Gasteiger partial charge is 0.345 e. The molecule has 1 aliphatic carbocycles. The Bertz CT molecular complexity index is 1320. The van der Waals surface area contributed by atoms with E-state index in [0.29, 0.717) is 30.5 Å². The predicted octanol–water partition coefficient (Wildman–Crippen LogP) is 5.39. The summed E-state index contributed by atoms with van der Waals surface area (Å²) in [6.07, 6.45) is 14.3. The average molecular weight is 485 g/mol. The van der Waals surface area contributed by atoms with E-state index in [1.807, 2.05) is 43.3 Å². The number of anilines is 2. The van der Waals surface area contributed by atoms with Crippen molar-refractivity contribution in [3.05, 3.63) is 84.1 Å². The van der Waals surface area contributed by atoms with Gasteiger partial charge in [-0.25, -0.2) is 0 Å². The Morgan fingerprint density at radius 1 is 1.11 bits per heavy atom. The number of hydrogen-bond donors (Lipinski definition) is 1. The zero-order valence-electron chi connectivity index (χ0n) is 20.3. The Morgan fingerprint density at radius 3 is 2.81 bits per heavy atom. The van der Waals surface area contributed by atoms with Gasteiger partial charge in [-0.3, -0.25) is 4.98 Å². The molecule has 0 unspecified atom stereocenters. The molecule has 0 saturated carbocycles. The summed E-state index contributed by atoms with van der Waals surface area (Å²) in [4.78, 5) is 10.5. The van der Waals surface area contributed by atoms with Crippen LogP contribution in [0.25, 0.3) is 11.5 Å². The maximum Gasteiger partial charge on any atom is 0.345 e. The van der Waals surface area contributed by atoms with Crippen LogP contribution < -0.4 is 10.2 Å². The van der Waals surface area contributed by atoms with Crippen LogP contribution in [0.2, 0.25) is 0 Å². The SMILES string of the molecule is CN(C)c1ccc(-c2nnc(N=C3COC=C(CC4=CC=CCC4)O3)o2)c(NCc2ccncc2)c1. The highest BCUT2D eigenvalue weighted by molar-refractivity contribution is 5.81. The molecule has 1 aliphatic heterocycles. The van der Waals surface area contributed by atoms with Gasteiger partial charge in [-0.15, -0.1) is 5.10 Å². The molecule has 0 saturated heterocycles. The first-order chi connectivity index (χ1) is 17.6. The Balaban J connectivity index is 1.33. The Kier molecular flexibility index (Phi) is 7.07. The molecule has 9 nitrogen and oxygen atoms in total. The van der Waals surface area contributed by atoms with Crippen LogP contribution >= 0.6 is 0 Å². The van der Waals surface area contributed by atoms with Crippen LogP contribution in [-0.4, -0.2) is 41.8 Å². The van der Waals surface area contributed by atoms with Crippen LogP contribution in [0.15, 0.2) is 88.0 Å². The highest BCUT2D eigenvalue weighted by atomic mass is 16.6. The van der Waals surface area contributed by atoms with Crippen molar-refractivity contribution in [1.29, 1.82) is 0 Å². The predicted molar refractivity (Wildman–Crippen MR) is 139 cm³/mol. The zero-order chi connectivity index (χ0) is 24.7. The summed E-state index contributed by atoms with van der Waals surface area (Å²) < 4.78 is 17.4. The summed E-state index contributed by atoms with van der Waals surface area (Å²) in [6.45, 7) is 0.832. The van der Waals surface area contributed by atoms with Crippen LogP contribution in [0.1, 0.15) is 24.8 Å². The largest absolute Gasteiger partial charge is 0.488 e. The summed E-state index contributed by atoms with van der Waals surface area (Å²) in [5, 5.41) is 11.8. The second-order valence-electron chi connectivity index (χ2n) is 8.69. The third-order valence-corrected chi connectivity index (χ3v) is 5.79. The number of aromatic nitrogens is 3. The Hall–Kier alpha value is -4.40. The van der Waals surface area contributed by atoms with Gasteiger partial charge in [0, 0.05) is 50.8 Å². The van der Waals surface area contributed by atoms with Gasteiger partial charge in [0.05, 0.1) is 5.56 Å². The van der Waals surface area contributed by atoms with E-state index in [1.54, 1.807) is 18.7 Å². The first-order valence-corrected chi connectivity index (χ1v) is 11.8. The highest BCUT2D eigenvalue weighted by Crippen LogP contribution is 2.32. The van der Waals surface area contributed by atoms with E-state index < -0.39 is 0 Å². The molecular formula is C27H28N6O3. The number of hydrogen-bond acceptors (Lipinski definition) is 9. The molecule has 1 aromatic carbocycles. The van der Waals surface area contributed by atoms with Crippen molar-refractivity contribution in [3.8, 4) is 11.5 Å². The molecule has 184 valence electrons. The number of nitrogens with one attached hydrogen (secondary N) is 1. The fourth-order valence-electron chi connectivity index (χ4n) is 3.88. The van der Waals surface area contributed by atoms with Crippen molar-refractivity contribution < 1.29 is 13.9 Å². The highest BCUT2D eigenvalue weighted by Gasteiger charge is 2.18. The lowest BCUT2D eigenvalue weighted by molar-refractivity contribution is 0.211. The van der Waals surface area contributed by atoms with Gasteiger partial charge in [0.1, 0.15) is 12.0 Å². The van der Waals surface area contributed by atoms with Gasteiger partial charge in [-0.1, -0.05) is 28.9 Å². The van der Waals surface area contributed by atoms with E-state index in [1.165, 1.54) is 5.57 Å². The minimum Gasteiger partial charge on any atom is -0.488 e. The lowest BCUT2D eigenvalue weighted by atomic mass is 10.0. The van der Waals surface area contributed by atoms with E-state index >= 15 is 0 Å². The van der Waals surface area contributed by atoms with Gasteiger partial charge in [0.2, 0.25) is 5.90 Å². The second-order valence-corrected chi connectivity index (χ2v) is 8.69. The van der Waals surface area contributed by atoms with Crippen molar-refractivity contribution >= 4 is 23.3 Å². The van der Waals surface area contributed by atoms with Gasteiger partial charge in [-0.2, -0.15) is 4.99 Å². The summed E-state index contributed by atoms with van der Waals surface area (Å²) in [7, 11) is 4.00. The molecule has 36 heavy (non-hydrogen) atoms. The number of benzene rings is 1. The van der Waals surface area contributed by atoms with Gasteiger partial charge < -0.3 is 24.1 Å². The number of rotatable bonds is 8. The van der Waals surface area contributed by atoms with E-state index in [9.17, 15) is 0 Å². The first-order valence-electron chi connectivity index (χ1n) is 11.8. The topological polar surface area (TPSA) is 97.9 Å². The zero-order valence-corrected chi connectivity index (χ0v) is 20.3. The maximum absolute atomic E-state index is 5.93. The van der Waals surface area contributed by atoms with Crippen LogP contribution in [0.3, 0.4) is 0 Å². The normalized spacial score (nSPS) is 16.1. The van der Waals surface area contributed by atoms with Crippen LogP contribution in [0.4, 0.5) is 17.4 Å². The van der Waals surface area contributed by atoms with E-state index in [2.05, 4.69) is 49.8 Å². The third kappa shape index (κ3) is 5.80. The molecule has 0 fully saturated rings. The molecule has 0 atom stereocenters. The number of allylic oxidation sites excluding steroid dienone is 4. The fraction of sp³-hybridized carbons (Fsp3) is 0.259. The van der Waals surface area contributed by atoms with E-state index in [4.69, 9.17) is 13.9 Å². The summed E-state index contributed by atoms with van der Waals surface area (Å²) in [6, 6.07) is 10.1. The van der Waals surface area contributed by atoms with Crippen molar-refractivity contribution in [2.45, 2.75) is 25.8 Å². The molecule has 3 heterocycles. The number of ether oxygens (including phenoxy) is 2. The van der Waals surface area contributed by atoms with Gasteiger partial charge in [0.25, 0.3) is 5.89 Å². The Morgan fingerprint density at radius 2 is 2.00 bits per heavy atom. The van der Waals surface area contributed by atoms with Crippen molar-refractivity contribution in [1.82, 2.24) is 15.2 Å². The molecule has 0 radical (unpaired) electrons. The van der Waals surface area contributed by atoms with Crippen LogP contribution in [0, 0.1) is 0 Å². The maximum atomic E-state index is 5.93. The average Bonchev–Trinajstić information content (AvgIpc) is 3.37. The van der Waals surface area contributed by atoms with Crippen molar-refractivity contribution in [2.24, 2.45) is 4.99 Å². The van der Waals surface area contributed by atoms with Gasteiger partial charge in [-0.05, 0) is 48.7 Å². The molecule has 3 aromatic rings. The number of pyridine rings is 1. The van der Waals surface area contributed by atoms with Crippen LogP contribution in [0.5, 0.6) is 0 Å². The minimum absolute atomic E-state index is 0.112. The molecule has 1 N–H and O–H groups in total.